The van der Waals surface area contributed by atoms with Crippen LogP contribution in [0.3, 0.4) is 0 Å². The molecule has 0 aromatic carbocycles. The minimum absolute atomic E-state index is 0.0510. The fourth-order valence-corrected chi connectivity index (χ4v) is 4.89. The van der Waals surface area contributed by atoms with E-state index in [-0.39, 0.29) is 48.7 Å². The van der Waals surface area contributed by atoms with Crippen LogP contribution in [-0.2, 0) is 25.5 Å². The molecule has 0 radical (unpaired) electrons. The van der Waals surface area contributed by atoms with Gasteiger partial charge in [-0.1, -0.05) is 13.0 Å². The number of amides is 3. The smallest absolute Gasteiger partial charge is 0.242 e. The van der Waals surface area contributed by atoms with Crippen molar-refractivity contribution in [1.29, 1.82) is 0 Å². The molecule has 3 amide bonds. The minimum atomic E-state index is -0.194. The summed E-state index contributed by atoms with van der Waals surface area (Å²) < 4.78 is 5.36. The van der Waals surface area contributed by atoms with Crippen LogP contribution in [0, 0.1) is 5.92 Å². The molecule has 8 nitrogen and oxygen atoms in total. The van der Waals surface area contributed by atoms with Crippen molar-refractivity contribution >= 4 is 17.7 Å². The molecule has 8 heteroatoms. The molecule has 29 heavy (non-hydrogen) atoms. The number of morpholine rings is 1. The Morgan fingerprint density at radius 1 is 1.24 bits per heavy atom. The van der Waals surface area contributed by atoms with Gasteiger partial charge in [-0.2, -0.15) is 0 Å². The summed E-state index contributed by atoms with van der Waals surface area (Å²) in [4.78, 5) is 48.3. The van der Waals surface area contributed by atoms with Crippen LogP contribution in [0.1, 0.15) is 25.3 Å². The van der Waals surface area contributed by atoms with Gasteiger partial charge in [0.25, 0.3) is 0 Å². The van der Waals surface area contributed by atoms with E-state index < -0.39 is 0 Å². The standard InChI is InChI=1S/C21H28N4O4/c1-2-18-17(21(28)23-6-8-29-9-7-23)11-16-13-24(14-20(27)25(16)18)19(26)10-15-4-3-5-22-12-15/h3-5,12,16-18H,2,6-11,13-14H2,1H3/t16-,17-,18-/m1/s1. The molecule has 0 bridgehead atoms. The van der Waals surface area contributed by atoms with E-state index in [1.165, 1.54) is 0 Å². The zero-order valence-corrected chi connectivity index (χ0v) is 16.8. The number of carbonyl (C=O) groups excluding carboxylic acids is 3. The van der Waals surface area contributed by atoms with Gasteiger partial charge in [-0.15, -0.1) is 0 Å². The van der Waals surface area contributed by atoms with Gasteiger partial charge in [0, 0.05) is 38.1 Å². The highest BCUT2D eigenvalue weighted by atomic mass is 16.5. The molecule has 3 aliphatic rings. The first-order valence-electron chi connectivity index (χ1n) is 10.4. The van der Waals surface area contributed by atoms with E-state index in [9.17, 15) is 14.4 Å². The Hall–Kier alpha value is -2.48. The quantitative estimate of drug-likeness (QED) is 0.727. The van der Waals surface area contributed by atoms with Crippen LogP contribution in [0.5, 0.6) is 0 Å². The zero-order chi connectivity index (χ0) is 20.4. The highest BCUT2D eigenvalue weighted by Crippen LogP contribution is 2.36. The number of hydrogen-bond donors (Lipinski definition) is 0. The summed E-state index contributed by atoms with van der Waals surface area (Å²) in [5, 5.41) is 0. The molecule has 4 heterocycles. The van der Waals surface area contributed by atoms with E-state index in [0.717, 1.165) is 12.0 Å². The molecule has 0 N–H and O–H groups in total. The lowest BCUT2D eigenvalue weighted by Crippen LogP contribution is -2.58. The number of ether oxygens (including phenoxy) is 1. The molecule has 0 spiro atoms. The lowest BCUT2D eigenvalue weighted by molar-refractivity contribution is -0.149. The number of pyridine rings is 1. The van der Waals surface area contributed by atoms with Crippen LogP contribution >= 0.6 is 0 Å². The van der Waals surface area contributed by atoms with Crippen LogP contribution in [-0.4, -0.2) is 88.9 Å². The molecule has 0 aliphatic carbocycles. The van der Waals surface area contributed by atoms with Crippen molar-refractivity contribution in [2.24, 2.45) is 5.92 Å². The summed E-state index contributed by atoms with van der Waals surface area (Å²) in [6, 6.07) is 3.49. The molecule has 156 valence electrons. The lowest BCUT2D eigenvalue weighted by atomic mass is 9.95. The van der Waals surface area contributed by atoms with Crippen molar-refractivity contribution < 1.29 is 19.1 Å². The maximum absolute atomic E-state index is 13.1. The number of fused-ring (bicyclic) bond motifs is 1. The minimum Gasteiger partial charge on any atom is -0.378 e. The Kier molecular flexibility index (Phi) is 5.80. The second-order valence-electron chi connectivity index (χ2n) is 8.02. The Labute approximate surface area is 170 Å². The number of piperazine rings is 1. The number of nitrogens with zero attached hydrogens (tertiary/aromatic N) is 4. The van der Waals surface area contributed by atoms with Crippen molar-refractivity contribution in [1.82, 2.24) is 19.7 Å². The van der Waals surface area contributed by atoms with Crippen molar-refractivity contribution in [2.75, 3.05) is 39.4 Å². The maximum atomic E-state index is 13.1. The third kappa shape index (κ3) is 3.99. The van der Waals surface area contributed by atoms with E-state index >= 15 is 0 Å². The number of carbonyl (C=O) groups is 3. The van der Waals surface area contributed by atoms with Crippen molar-refractivity contribution in [3.63, 3.8) is 0 Å². The number of rotatable bonds is 4. The molecule has 1 aromatic heterocycles. The normalized spacial score (nSPS) is 27.1. The van der Waals surface area contributed by atoms with Crippen LogP contribution in [0.15, 0.2) is 24.5 Å². The van der Waals surface area contributed by atoms with E-state index in [0.29, 0.717) is 39.3 Å². The monoisotopic (exact) mass is 400 g/mol. The van der Waals surface area contributed by atoms with Crippen molar-refractivity contribution in [2.45, 2.75) is 38.3 Å². The summed E-state index contributed by atoms with van der Waals surface area (Å²) in [7, 11) is 0. The fraction of sp³-hybridized carbons (Fsp3) is 0.619. The fourth-order valence-electron chi connectivity index (χ4n) is 4.89. The predicted molar refractivity (Wildman–Crippen MR) is 105 cm³/mol. The first-order chi connectivity index (χ1) is 14.1. The average Bonchev–Trinajstić information content (AvgIpc) is 3.13. The molecule has 0 saturated carbocycles. The van der Waals surface area contributed by atoms with Crippen molar-refractivity contribution in [3.8, 4) is 0 Å². The molecule has 1 aromatic rings. The molecular weight excluding hydrogens is 372 g/mol. The molecule has 3 fully saturated rings. The topological polar surface area (TPSA) is 83.0 Å². The molecule has 3 saturated heterocycles. The van der Waals surface area contributed by atoms with Crippen LogP contribution in [0.25, 0.3) is 0 Å². The van der Waals surface area contributed by atoms with Gasteiger partial charge >= 0.3 is 0 Å². The van der Waals surface area contributed by atoms with Crippen LogP contribution in [0.4, 0.5) is 0 Å². The van der Waals surface area contributed by atoms with E-state index in [2.05, 4.69) is 4.98 Å². The third-order valence-corrected chi connectivity index (χ3v) is 6.28. The second-order valence-corrected chi connectivity index (χ2v) is 8.02. The average molecular weight is 400 g/mol. The van der Waals surface area contributed by atoms with E-state index in [1.54, 1.807) is 23.4 Å². The van der Waals surface area contributed by atoms with Gasteiger partial charge in [0.15, 0.2) is 0 Å². The van der Waals surface area contributed by atoms with Gasteiger partial charge in [-0.3, -0.25) is 19.4 Å². The predicted octanol–water partition coefficient (Wildman–Crippen LogP) is 0.321. The Bertz CT molecular complexity index is 765. The largest absolute Gasteiger partial charge is 0.378 e. The van der Waals surface area contributed by atoms with Crippen LogP contribution < -0.4 is 0 Å². The third-order valence-electron chi connectivity index (χ3n) is 6.28. The lowest BCUT2D eigenvalue weighted by Gasteiger charge is -2.40. The Balaban J connectivity index is 1.45. The van der Waals surface area contributed by atoms with Crippen molar-refractivity contribution in [3.05, 3.63) is 30.1 Å². The summed E-state index contributed by atoms with van der Waals surface area (Å²) in [6.45, 7) is 4.97. The number of hydrogen-bond acceptors (Lipinski definition) is 5. The van der Waals surface area contributed by atoms with Gasteiger partial charge in [0.05, 0.1) is 38.1 Å². The number of aromatic nitrogens is 1. The highest BCUT2D eigenvalue weighted by Gasteiger charge is 2.50. The summed E-state index contributed by atoms with van der Waals surface area (Å²) in [5.41, 5.74) is 0.839. The van der Waals surface area contributed by atoms with Gasteiger partial charge in [-0.05, 0) is 24.5 Å². The first-order valence-corrected chi connectivity index (χ1v) is 10.4. The summed E-state index contributed by atoms with van der Waals surface area (Å²) in [5.74, 6) is -0.192. The molecule has 3 aliphatic heterocycles. The summed E-state index contributed by atoms with van der Waals surface area (Å²) in [6.07, 6.45) is 4.95. The second kappa shape index (κ2) is 8.49. The van der Waals surface area contributed by atoms with Crippen LogP contribution in [0.2, 0.25) is 0 Å². The van der Waals surface area contributed by atoms with Gasteiger partial charge in [-0.25, -0.2) is 0 Å². The Morgan fingerprint density at radius 2 is 2.03 bits per heavy atom. The van der Waals surface area contributed by atoms with Gasteiger partial charge < -0.3 is 19.4 Å². The van der Waals surface area contributed by atoms with Gasteiger partial charge in [0.1, 0.15) is 0 Å². The molecule has 0 unspecified atom stereocenters. The van der Waals surface area contributed by atoms with E-state index in [1.807, 2.05) is 22.8 Å². The Morgan fingerprint density at radius 3 is 2.72 bits per heavy atom. The zero-order valence-electron chi connectivity index (χ0n) is 16.8. The molecular formula is C21H28N4O4. The highest BCUT2D eigenvalue weighted by molar-refractivity contribution is 5.89. The molecule has 4 rings (SSSR count). The molecule has 3 atom stereocenters. The SMILES string of the molecule is CC[C@@H]1[C@H](C(=O)N2CCOCC2)C[C@@H]2CN(C(=O)Cc3cccnc3)CC(=O)N21. The summed E-state index contributed by atoms with van der Waals surface area (Å²) >= 11 is 0. The van der Waals surface area contributed by atoms with Gasteiger partial charge in [0.2, 0.25) is 17.7 Å². The maximum Gasteiger partial charge on any atom is 0.242 e. The first kappa shape index (κ1) is 19.8. The van der Waals surface area contributed by atoms with E-state index in [4.69, 9.17) is 4.74 Å².